The molecule has 0 unspecified atom stereocenters. The van der Waals surface area contributed by atoms with E-state index in [1.54, 1.807) is 6.20 Å². The summed E-state index contributed by atoms with van der Waals surface area (Å²) in [6.07, 6.45) is 5.78. The van der Waals surface area contributed by atoms with Crippen LogP contribution in [0.1, 0.15) is 33.3 Å². The van der Waals surface area contributed by atoms with Gasteiger partial charge in [-0.25, -0.2) is 4.98 Å². The Kier molecular flexibility index (Phi) is 3.87. The monoisotopic (exact) mass is 316 g/mol. The van der Waals surface area contributed by atoms with Gasteiger partial charge in [-0.3, -0.25) is 0 Å². The molecule has 1 aliphatic rings. The summed E-state index contributed by atoms with van der Waals surface area (Å²) in [7, 11) is -0.371. The Bertz CT molecular complexity index is 708. The van der Waals surface area contributed by atoms with Crippen LogP contribution in [0.5, 0.6) is 0 Å². The van der Waals surface area contributed by atoms with Crippen molar-refractivity contribution in [1.29, 1.82) is 0 Å². The highest BCUT2D eigenvalue weighted by Crippen LogP contribution is 2.39. The van der Waals surface area contributed by atoms with E-state index in [0.29, 0.717) is 5.75 Å². The number of aromatic amines is 1. The minimum Gasteiger partial charge on any atom is -0.400 e. The maximum absolute atomic E-state index is 6.12. The Labute approximate surface area is 136 Å². The van der Waals surface area contributed by atoms with Crippen LogP contribution < -0.4 is 0 Å². The molecular weight excluding hydrogens is 295 g/mol. The normalized spacial score (nSPS) is 20.8. The molecule has 6 heteroatoms. The van der Waals surface area contributed by atoms with Crippen LogP contribution in [0.3, 0.4) is 0 Å². The van der Waals surface area contributed by atoms with E-state index in [2.05, 4.69) is 56.4 Å². The van der Waals surface area contributed by atoms with Crippen molar-refractivity contribution in [3.63, 3.8) is 0 Å². The summed E-state index contributed by atoms with van der Waals surface area (Å²) in [5, 5.41) is 1.08. The van der Waals surface area contributed by atoms with Crippen molar-refractivity contribution in [2.24, 2.45) is 0 Å². The minimum absolute atomic E-state index is 0.346. The third-order valence-electron chi connectivity index (χ3n) is 4.57. The SMILES string of the molecule is CC1(C)OB(C(=Cc2ccnc3[nH]ccc23)CS)OC1(C)C. The van der Waals surface area contributed by atoms with E-state index < -0.39 is 0 Å². The molecule has 3 heterocycles. The van der Waals surface area contributed by atoms with E-state index in [-0.39, 0.29) is 18.3 Å². The Morgan fingerprint density at radius 3 is 2.59 bits per heavy atom. The molecule has 3 rings (SSSR count). The van der Waals surface area contributed by atoms with E-state index in [9.17, 15) is 0 Å². The van der Waals surface area contributed by atoms with Gasteiger partial charge in [-0.1, -0.05) is 6.08 Å². The number of aromatic nitrogens is 2. The summed E-state index contributed by atoms with van der Waals surface area (Å²) in [4.78, 5) is 7.44. The summed E-state index contributed by atoms with van der Waals surface area (Å²) >= 11 is 4.46. The average molecular weight is 316 g/mol. The van der Waals surface area contributed by atoms with Crippen LogP contribution in [0.15, 0.2) is 30.0 Å². The maximum Gasteiger partial charge on any atom is 0.491 e. The molecule has 22 heavy (non-hydrogen) atoms. The summed E-state index contributed by atoms with van der Waals surface area (Å²) in [6, 6.07) is 4.01. The lowest BCUT2D eigenvalue weighted by atomic mass is 9.78. The van der Waals surface area contributed by atoms with Gasteiger partial charge in [0.1, 0.15) is 5.65 Å². The maximum atomic E-state index is 6.12. The molecule has 0 amide bonds. The summed E-state index contributed by atoms with van der Waals surface area (Å²) in [6.45, 7) is 8.22. The van der Waals surface area contributed by atoms with Gasteiger partial charge in [-0.15, -0.1) is 0 Å². The van der Waals surface area contributed by atoms with Crippen LogP contribution in [0, 0.1) is 0 Å². The van der Waals surface area contributed by atoms with Crippen LogP contribution in [0.4, 0.5) is 0 Å². The molecule has 0 saturated carbocycles. The smallest absolute Gasteiger partial charge is 0.400 e. The quantitative estimate of drug-likeness (QED) is 0.673. The lowest BCUT2D eigenvalue weighted by Crippen LogP contribution is -2.41. The Balaban J connectivity index is 1.97. The molecule has 1 saturated heterocycles. The van der Waals surface area contributed by atoms with Crippen molar-refractivity contribution >= 4 is 36.9 Å². The fraction of sp³-hybridized carbons (Fsp3) is 0.438. The Hall–Kier alpha value is -1.24. The molecule has 1 aliphatic heterocycles. The number of fused-ring (bicyclic) bond motifs is 1. The topological polar surface area (TPSA) is 47.1 Å². The molecule has 4 nitrogen and oxygen atoms in total. The first kappa shape index (κ1) is 15.7. The van der Waals surface area contributed by atoms with E-state index >= 15 is 0 Å². The highest BCUT2D eigenvalue weighted by atomic mass is 32.1. The Morgan fingerprint density at radius 1 is 1.27 bits per heavy atom. The zero-order valence-electron chi connectivity index (χ0n) is 13.4. The molecular formula is C16H21BN2O2S. The van der Waals surface area contributed by atoms with Crippen molar-refractivity contribution in [1.82, 2.24) is 9.97 Å². The number of nitrogens with zero attached hydrogens (tertiary/aromatic N) is 1. The lowest BCUT2D eigenvalue weighted by Gasteiger charge is -2.32. The minimum atomic E-state index is -0.371. The highest BCUT2D eigenvalue weighted by molar-refractivity contribution is 7.80. The average Bonchev–Trinajstić information content (AvgIpc) is 2.99. The lowest BCUT2D eigenvalue weighted by molar-refractivity contribution is 0.00578. The molecule has 0 bridgehead atoms. The Morgan fingerprint density at radius 2 is 1.95 bits per heavy atom. The molecule has 1 N–H and O–H groups in total. The fourth-order valence-corrected chi connectivity index (χ4v) is 2.73. The molecule has 0 atom stereocenters. The van der Waals surface area contributed by atoms with Crippen LogP contribution in [-0.2, 0) is 9.31 Å². The first-order chi connectivity index (χ1) is 10.3. The van der Waals surface area contributed by atoms with E-state index in [0.717, 1.165) is 22.1 Å². The van der Waals surface area contributed by atoms with Gasteiger partial charge in [-0.05, 0) is 50.9 Å². The molecule has 2 aromatic rings. The van der Waals surface area contributed by atoms with Gasteiger partial charge in [0, 0.05) is 23.5 Å². The molecule has 1 fully saturated rings. The second kappa shape index (κ2) is 5.44. The summed E-state index contributed by atoms with van der Waals surface area (Å²) < 4.78 is 12.2. The van der Waals surface area contributed by atoms with Gasteiger partial charge in [0.15, 0.2) is 0 Å². The van der Waals surface area contributed by atoms with Gasteiger partial charge >= 0.3 is 7.12 Å². The van der Waals surface area contributed by atoms with Crippen molar-refractivity contribution in [2.45, 2.75) is 38.9 Å². The van der Waals surface area contributed by atoms with Crippen molar-refractivity contribution in [3.05, 3.63) is 35.6 Å². The number of nitrogens with one attached hydrogen (secondary N) is 1. The first-order valence-corrected chi connectivity index (χ1v) is 8.06. The second-order valence-electron chi connectivity index (χ2n) is 6.61. The molecule has 0 spiro atoms. The van der Waals surface area contributed by atoms with Crippen molar-refractivity contribution < 1.29 is 9.31 Å². The largest absolute Gasteiger partial charge is 0.491 e. The van der Waals surface area contributed by atoms with Gasteiger partial charge in [0.05, 0.1) is 11.2 Å². The van der Waals surface area contributed by atoms with Crippen LogP contribution in [-0.4, -0.2) is 34.0 Å². The predicted molar refractivity (Wildman–Crippen MR) is 94.0 cm³/mol. The van der Waals surface area contributed by atoms with Crippen LogP contribution in [0.2, 0.25) is 0 Å². The second-order valence-corrected chi connectivity index (χ2v) is 6.92. The summed E-state index contributed by atoms with van der Waals surface area (Å²) in [5.41, 5.74) is 2.28. The molecule has 116 valence electrons. The first-order valence-electron chi connectivity index (χ1n) is 7.43. The van der Waals surface area contributed by atoms with Gasteiger partial charge < -0.3 is 14.3 Å². The number of rotatable bonds is 3. The van der Waals surface area contributed by atoms with Gasteiger partial charge in [-0.2, -0.15) is 12.6 Å². The number of H-pyrrole nitrogens is 1. The van der Waals surface area contributed by atoms with Gasteiger partial charge in [0.2, 0.25) is 0 Å². The standard InChI is InChI=1S/C16H21BN2O2S/c1-15(2)16(3,4)21-17(20-15)12(10-22)9-11-5-7-18-14-13(11)6-8-19-14/h5-9,22H,10H2,1-4H3,(H,18,19). The van der Waals surface area contributed by atoms with Crippen LogP contribution in [0.25, 0.3) is 17.1 Å². The zero-order valence-corrected chi connectivity index (χ0v) is 14.3. The number of hydrogen-bond donors (Lipinski definition) is 2. The van der Waals surface area contributed by atoms with E-state index in [1.165, 1.54) is 0 Å². The molecule has 0 aromatic carbocycles. The van der Waals surface area contributed by atoms with E-state index in [4.69, 9.17) is 9.31 Å². The van der Waals surface area contributed by atoms with Crippen molar-refractivity contribution in [3.8, 4) is 0 Å². The number of hydrogen-bond acceptors (Lipinski definition) is 4. The third-order valence-corrected chi connectivity index (χ3v) is 4.94. The number of thiol groups is 1. The van der Waals surface area contributed by atoms with Gasteiger partial charge in [0.25, 0.3) is 0 Å². The number of pyridine rings is 1. The highest BCUT2D eigenvalue weighted by Gasteiger charge is 2.52. The zero-order chi connectivity index (χ0) is 16.0. The fourth-order valence-electron chi connectivity index (χ4n) is 2.49. The van der Waals surface area contributed by atoms with Crippen LogP contribution >= 0.6 is 12.6 Å². The third kappa shape index (κ3) is 2.60. The summed E-state index contributed by atoms with van der Waals surface area (Å²) in [5.74, 6) is 0.574. The molecule has 0 radical (unpaired) electrons. The molecule has 2 aromatic heterocycles. The van der Waals surface area contributed by atoms with Crippen molar-refractivity contribution in [2.75, 3.05) is 5.75 Å². The van der Waals surface area contributed by atoms with E-state index in [1.807, 2.05) is 18.3 Å². The predicted octanol–water partition coefficient (Wildman–Crippen LogP) is 3.51. The molecule has 0 aliphatic carbocycles.